The molecule has 0 radical (unpaired) electrons. The van der Waals surface area contributed by atoms with Crippen LogP contribution in [0.3, 0.4) is 0 Å². The van der Waals surface area contributed by atoms with Crippen molar-refractivity contribution in [2.75, 3.05) is 19.8 Å². The lowest BCUT2D eigenvalue weighted by Gasteiger charge is -2.45. The van der Waals surface area contributed by atoms with Crippen molar-refractivity contribution in [3.63, 3.8) is 0 Å². The van der Waals surface area contributed by atoms with E-state index < -0.39 is 87.2 Å². The van der Waals surface area contributed by atoms with Gasteiger partial charge < -0.3 is 54.7 Å². The molecule has 2 heterocycles. The van der Waals surface area contributed by atoms with Gasteiger partial charge in [-0.2, -0.15) is 4.89 Å². The number of rotatable bonds is 8. The van der Waals surface area contributed by atoms with Gasteiger partial charge in [0.05, 0.1) is 6.61 Å². The average molecular weight is 432 g/mol. The molecule has 0 aliphatic carbocycles. The second-order valence-corrected chi connectivity index (χ2v) is 6.36. The van der Waals surface area contributed by atoms with Gasteiger partial charge in [0.15, 0.2) is 19.2 Å². The molecule has 2 aliphatic heterocycles. The van der Waals surface area contributed by atoms with Crippen molar-refractivity contribution in [1.29, 1.82) is 0 Å². The molecule has 8 N–H and O–H groups in total. The molecule has 2 rings (SSSR count). The Kier molecular flexibility index (Phi) is 9.04. The van der Waals surface area contributed by atoms with Gasteiger partial charge in [-0.1, -0.05) is 5.04 Å². The summed E-state index contributed by atoms with van der Waals surface area (Å²) in [6, 6.07) is 0. The summed E-state index contributed by atoms with van der Waals surface area (Å²) in [7, 11) is 0. The standard InChI is InChI=1S/C14H24O15/c15-1-4-12(9(19)10(20)13(22)26-4)28-14-11(21)8(18)7(17)5(27-14)2-24-6(16)3-25-29-23/h4-5,7-15,17-23H,1-3H2/t4-,5-,7+,8+,9-,10-,11-,12-,13+,14+/m1/s1. The van der Waals surface area contributed by atoms with E-state index in [2.05, 4.69) is 9.93 Å². The molecule has 0 aromatic heterocycles. The first-order valence-electron chi connectivity index (χ1n) is 8.45. The van der Waals surface area contributed by atoms with Crippen LogP contribution in [0.25, 0.3) is 0 Å². The first kappa shape index (κ1) is 24.2. The Morgan fingerprint density at radius 3 is 2.17 bits per heavy atom. The number of hydrogen-bond acceptors (Lipinski definition) is 15. The molecule has 0 unspecified atom stereocenters. The summed E-state index contributed by atoms with van der Waals surface area (Å²) >= 11 is 0. The lowest BCUT2D eigenvalue weighted by atomic mass is 9.97. The topological polar surface area (TPSA) is 234 Å². The van der Waals surface area contributed by atoms with Gasteiger partial charge in [-0.15, -0.1) is 0 Å². The van der Waals surface area contributed by atoms with E-state index in [-0.39, 0.29) is 0 Å². The molecule has 2 saturated heterocycles. The fourth-order valence-corrected chi connectivity index (χ4v) is 2.85. The number of aliphatic hydroxyl groups excluding tert-OH is 7. The van der Waals surface area contributed by atoms with Gasteiger partial charge in [0.1, 0.15) is 55.4 Å². The maximum absolute atomic E-state index is 11.3. The van der Waals surface area contributed by atoms with E-state index in [1.165, 1.54) is 0 Å². The van der Waals surface area contributed by atoms with E-state index in [9.17, 15) is 40.5 Å². The Morgan fingerprint density at radius 2 is 1.55 bits per heavy atom. The third-order valence-corrected chi connectivity index (χ3v) is 4.44. The van der Waals surface area contributed by atoms with E-state index in [1.54, 1.807) is 0 Å². The summed E-state index contributed by atoms with van der Waals surface area (Å²) in [5.41, 5.74) is 0. The normalized spacial score (nSPS) is 43.2. The Hall–Kier alpha value is -1.05. The summed E-state index contributed by atoms with van der Waals surface area (Å²) in [5.74, 6) is -1.03. The minimum Gasteiger partial charge on any atom is -0.461 e. The van der Waals surface area contributed by atoms with Crippen LogP contribution in [0.4, 0.5) is 0 Å². The monoisotopic (exact) mass is 432 g/mol. The van der Waals surface area contributed by atoms with Crippen molar-refractivity contribution in [1.82, 2.24) is 0 Å². The van der Waals surface area contributed by atoms with Gasteiger partial charge in [-0.3, -0.25) is 0 Å². The fraction of sp³-hybridized carbons (Fsp3) is 0.929. The lowest BCUT2D eigenvalue weighted by molar-refractivity contribution is -0.487. The molecule has 0 aromatic rings. The van der Waals surface area contributed by atoms with Gasteiger partial charge in [-0.05, 0) is 0 Å². The van der Waals surface area contributed by atoms with Crippen LogP contribution in [0.15, 0.2) is 0 Å². The third-order valence-electron chi connectivity index (χ3n) is 4.44. The minimum absolute atomic E-state index is 0.632. The summed E-state index contributed by atoms with van der Waals surface area (Å²) < 4.78 is 20.2. The van der Waals surface area contributed by atoms with Gasteiger partial charge in [0.25, 0.3) is 0 Å². The summed E-state index contributed by atoms with van der Waals surface area (Å²) in [6.45, 7) is -2.17. The Labute approximate surface area is 163 Å². The maximum Gasteiger partial charge on any atom is 0.335 e. The molecule has 2 aliphatic rings. The quantitative estimate of drug-likeness (QED) is 0.101. The Bertz CT molecular complexity index is 517. The predicted molar refractivity (Wildman–Crippen MR) is 82.2 cm³/mol. The van der Waals surface area contributed by atoms with Crippen LogP contribution in [0.2, 0.25) is 0 Å². The smallest absolute Gasteiger partial charge is 0.335 e. The molecule has 0 spiro atoms. The maximum atomic E-state index is 11.3. The minimum atomic E-state index is -1.83. The molecule has 15 heteroatoms. The molecule has 170 valence electrons. The summed E-state index contributed by atoms with van der Waals surface area (Å²) in [4.78, 5) is 15.3. The third kappa shape index (κ3) is 5.76. The molecule has 0 aromatic carbocycles. The van der Waals surface area contributed by atoms with Crippen molar-refractivity contribution in [3.05, 3.63) is 0 Å². The van der Waals surface area contributed by atoms with Gasteiger partial charge in [0, 0.05) is 0 Å². The second-order valence-electron chi connectivity index (χ2n) is 6.36. The van der Waals surface area contributed by atoms with Crippen LogP contribution in [-0.4, -0.2) is 128 Å². The van der Waals surface area contributed by atoms with Gasteiger partial charge >= 0.3 is 5.97 Å². The number of carbonyl (C=O) groups is 1. The van der Waals surface area contributed by atoms with Crippen molar-refractivity contribution in [3.8, 4) is 0 Å². The van der Waals surface area contributed by atoms with Crippen molar-refractivity contribution >= 4 is 5.97 Å². The largest absolute Gasteiger partial charge is 0.461 e. The highest BCUT2D eigenvalue weighted by atomic mass is 17.5. The molecular weight excluding hydrogens is 408 g/mol. The van der Waals surface area contributed by atoms with Crippen molar-refractivity contribution in [2.45, 2.75) is 61.4 Å². The number of hydrogen-bond donors (Lipinski definition) is 8. The van der Waals surface area contributed by atoms with Crippen LogP contribution >= 0.6 is 0 Å². The van der Waals surface area contributed by atoms with Crippen LogP contribution in [-0.2, 0) is 33.7 Å². The fourth-order valence-electron chi connectivity index (χ4n) is 2.85. The van der Waals surface area contributed by atoms with E-state index >= 15 is 0 Å². The number of carbonyl (C=O) groups excluding carboxylic acids is 1. The molecule has 0 saturated carbocycles. The van der Waals surface area contributed by atoms with Gasteiger partial charge in [-0.25, -0.2) is 10.1 Å². The van der Waals surface area contributed by atoms with E-state index in [1.807, 2.05) is 0 Å². The highest BCUT2D eigenvalue weighted by Gasteiger charge is 2.50. The van der Waals surface area contributed by atoms with E-state index in [0.29, 0.717) is 0 Å². The first-order valence-corrected chi connectivity index (χ1v) is 8.45. The van der Waals surface area contributed by atoms with Crippen LogP contribution in [0.5, 0.6) is 0 Å². The molecule has 0 amide bonds. The SMILES string of the molecule is O=C(COOO)OC[C@H]1O[C@@H](O[C@H]2[C@H](O)[C@@H](O)[C@@H](O)O[C@@H]2CO)[C@H](O)[C@@H](O)[C@H]1O. The zero-order valence-electron chi connectivity index (χ0n) is 14.8. The molecular formula is C14H24O15. The summed E-state index contributed by atoms with van der Waals surface area (Å²) in [5, 5.41) is 79.9. The zero-order valence-corrected chi connectivity index (χ0v) is 14.8. The van der Waals surface area contributed by atoms with Crippen LogP contribution in [0.1, 0.15) is 0 Å². The number of esters is 1. The molecule has 10 atom stereocenters. The Balaban J connectivity index is 2.03. The number of ether oxygens (including phenoxy) is 4. The van der Waals surface area contributed by atoms with E-state index in [0.717, 1.165) is 0 Å². The highest BCUT2D eigenvalue weighted by molar-refractivity contribution is 5.70. The van der Waals surface area contributed by atoms with Gasteiger partial charge in [0.2, 0.25) is 0 Å². The molecule has 29 heavy (non-hydrogen) atoms. The Morgan fingerprint density at radius 1 is 0.862 bits per heavy atom. The zero-order chi connectivity index (χ0) is 21.7. The lowest BCUT2D eigenvalue weighted by Crippen LogP contribution is -2.64. The number of aliphatic hydroxyl groups is 7. The highest BCUT2D eigenvalue weighted by Crippen LogP contribution is 2.28. The van der Waals surface area contributed by atoms with Crippen molar-refractivity contribution in [2.24, 2.45) is 0 Å². The van der Waals surface area contributed by atoms with Crippen molar-refractivity contribution < 1.29 is 74.7 Å². The van der Waals surface area contributed by atoms with Crippen LogP contribution < -0.4 is 0 Å². The second kappa shape index (κ2) is 10.8. The predicted octanol–water partition coefficient (Wildman–Crippen LogP) is -5.43. The average Bonchev–Trinajstić information content (AvgIpc) is 2.71. The first-order chi connectivity index (χ1) is 13.7. The summed E-state index contributed by atoms with van der Waals surface area (Å²) in [6.07, 6.45) is -16.7. The molecule has 2 fully saturated rings. The van der Waals surface area contributed by atoms with E-state index in [4.69, 9.17) is 24.2 Å². The molecule has 15 nitrogen and oxygen atoms in total. The van der Waals surface area contributed by atoms with Crippen LogP contribution in [0, 0.1) is 0 Å². The molecule has 0 bridgehead atoms.